The Morgan fingerprint density at radius 1 is 0.359 bits per heavy atom. The number of esters is 4. The summed E-state index contributed by atoms with van der Waals surface area (Å²) in [6.45, 7) is 9.48. The number of unbranched alkanes of at least 4 members (excludes halogenated alkanes) is 36. The summed E-state index contributed by atoms with van der Waals surface area (Å²) < 4.78 is 68.4. The number of hydrogen-bond donors (Lipinski definition) is 3. The van der Waals surface area contributed by atoms with Crippen molar-refractivity contribution in [3.05, 3.63) is 24.3 Å². The maximum atomic E-state index is 13.0. The number of carbonyl (C=O) groups is 4. The summed E-state index contributed by atoms with van der Waals surface area (Å²) in [5.74, 6) is -0.640. The molecule has 6 atom stereocenters. The van der Waals surface area contributed by atoms with E-state index in [9.17, 15) is 43.2 Å². The van der Waals surface area contributed by atoms with E-state index in [0.717, 1.165) is 115 Å². The minimum atomic E-state index is -4.96. The molecule has 0 saturated heterocycles. The molecule has 0 aliphatic carbocycles. The number of carbonyl (C=O) groups excluding carboxylic acids is 4. The molecule has 0 amide bonds. The van der Waals surface area contributed by atoms with Gasteiger partial charge in [-0.15, -0.1) is 0 Å². The average Bonchev–Trinajstić information content (AvgIpc) is 1.53. The summed E-state index contributed by atoms with van der Waals surface area (Å²) in [5, 5.41) is 10.6. The quantitative estimate of drug-likeness (QED) is 0.0169. The van der Waals surface area contributed by atoms with Gasteiger partial charge in [-0.1, -0.05) is 297 Å². The third-order valence-electron chi connectivity index (χ3n) is 16.7. The summed E-state index contributed by atoms with van der Waals surface area (Å²) in [5.41, 5.74) is 0. The van der Waals surface area contributed by atoms with Gasteiger partial charge in [-0.25, -0.2) is 9.13 Å². The molecule has 0 bridgehead atoms. The van der Waals surface area contributed by atoms with Gasteiger partial charge in [0, 0.05) is 25.7 Å². The van der Waals surface area contributed by atoms with Gasteiger partial charge >= 0.3 is 39.5 Å². The van der Waals surface area contributed by atoms with Crippen LogP contribution in [0.3, 0.4) is 0 Å². The van der Waals surface area contributed by atoms with Crippen LogP contribution in [0.1, 0.15) is 350 Å². The van der Waals surface area contributed by atoms with Gasteiger partial charge in [0.25, 0.3) is 0 Å². The van der Waals surface area contributed by atoms with Crippen molar-refractivity contribution in [2.75, 3.05) is 39.6 Å². The second kappa shape index (κ2) is 64.5. The fourth-order valence-electron chi connectivity index (χ4n) is 10.5. The van der Waals surface area contributed by atoms with Gasteiger partial charge in [0.05, 0.1) is 26.4 Å². The lowest BCUT2D eigenvalue weighted by Gasteiger charge is -2.21. The molecule has 0 radical (unpaired) electrons. The lowest BCUT2D eigenvalue weighted by molar-refractivity contribution is -0.161. The Hall–Kier alpha value is -2.46. The van der Waals surface area contributed by atoms with Crippen LogP contribution in [0.15, 0.2) is 24.3 Å². The topological polar surface area (TPSA) is 237 Å². The number of phosphoric ester groups is 2. The van der Waals surface area contributed by atoms with Crippen molar-refractivity contribution < 1.29 is 80.2 Å². The number of rotatable bonds is 70. The first-order valence-electron chi connectivity index (χ1n) is 37.3. The van der Waals surface area contributed by atoms with E-state index in [1.54, 1.807) is 0 Å². The highest BCUT2D eigenvalue weighted by Gasteiger charge is 2.30. The molecule has 0 aromatic heterocycles. The SMILES string of the molecule is CCCCCC/C=C\C=C/CCCCCCCC(=O)O[C@H](COC(=O)CCCCCCCCCCCCC(C)CC)COP(=O)(O)OC[C@@H](O)COP(=O)(O)OC[C@@H](COC(=O)CCCCCCCCCC(C)C)OC(=O)CCCCCCCCCCCCCCC. The lowest BCUT2D eigenvalue weighted by Crippen LogP contribution is -2.30. The number of allylic oxidation sites excluding steroid dienone is 4. The summed E-state index contributed by atoms with van der Waals surface area (Å²) in [6, 6.07) is 0. The number of hydrogen-bond acceptors (Lipinski definition) is 15. The van der Waals surface area contributed by atoms with E-state index in [-0.39, 0.29) is 25.7 Å². The summed E-state index contributed by atoms with van der Waals surface area (Å²) in [7, 11) is -9.92. The van der Waals surface area contributed by atoms with E-state index in [2.05, 4.69) is 65.8 Å². The van der Waals surface area contributed by atoms with Crippen molar-refractivity contribution in [2.45, 2.75) is 368 Å². The van der Waals surface area contributed by atoms with Crippen molar-refractivity contribution >= 4 is 39.5 Å². The van der Waals surface area contributed by atoms with Crippen LogP contribution in [-0.2, 0) is 65.4 Å². The van der Waals surface area contributed by atoms with Crippen LogP contribution in [0.4, 0.5) is 0 Å². The molecule has 3 N–H and O–H groups in total. The standard InChI is InChI=1S/C73H138O17P2/c1-7-10-12-14-16-18-20-22-23-25-27-33-39-46-52-58-73(78)89-68(61-83-70(75)55-49-43-37-31-29-28-30-36-42-48-54-66(6)9-3)63-87-91(79,80)85-59-67(74)60-86-92(81,82)88-64-69(62-84-71(76)56-50-44-40-34-35-41-47-53-65(4)5)90-72(77)57-51-45-38-32-26-24-21-19-17-15-13-11-8-2/h18,20,22-23,65-69,74H,7-17,19,21,24-64H2,1-6H3,(H,79,80)(H,81,82)/b20-18-,23-22-/t66?,67-,68-,69-/m1/s1. The molecule has 0 fully saturated rings. The van der Waals surface area contributed by atoms with E-state index in [1.807, 2.05) is 0 Å². The van der Waals surface area contributed by atoms with Crippen LogP contribution >= 0.6 is 15.6 Å². The van der Waals surface area contributed by atoms with Crippen molar-refractivity contribution in [3.63, 3.8) is 0 Å². The Morgan fingerprint density at radius 2 is 0.641 bits per heavy atom. The minimum absolute atomic E-state index is 0.0847. The van der Waals surface area contributed by atoms with Crippen LogP contribution in [-0.4, -0.2) is 96.7 Å². The second-order valence-electron chi connectivity index (χ2n) is 26.4. The summed E-state index contributed by atoms with van der Waals surface area (Å²) in [4.78, 5) is 72.6. The van der Waals surface area contributed by atoms with Crippen LogP contribution in [0.2, 0.25) is 0 Å². The minimum Gasteiger partial charge on any atom is -0.462 e. The molecule has 0 saturated carbocycles. The molecule has 0 aliphatic heterocycles. The van der Waals surface area contributed by atoms with E-state index in [4.69, 9.17) is 37.0 Å². The summed E-state index contributed by atoms with van der Waals surface area (Å²) in [6.07, 6.45) is 53.4. The van der Waals surface area contributed by atoms with Crippen molar-refractivity contribution in [2.24, 2.45) is 11.8 Å². The number of ether oxygens (including phenoxy) is 4. The highest BCUT2D eigenvalue weighted by atomic mass is 31.2. The number of aliphatic hydroxyl groups excluding tert-OH is 1. The van der Waals surface area contributed by atoms with E-state index in [0.29, 0.717) is 31.6 Å². The Bertz CT molecular complexity index is 1880. The van der Waals surface area contributed by atoms with Gasteiger partial charge in [-0.2, -0.15) is 0 Å². The third kappa shape index (κ3) is 64.9. The van der Waals surface area contributed by atoms with Crippen molar-refractivity contribution in [1.29, 1.82) is 0 Å². The monoisotopic (exact) mass is 1350 g/mol. The van der Waals surface area contributed by atoms with Crippen LogP contribution in [0.25, 0.3) is 0 Å². The highest BCUT2D eigenvalue weighted by Crippen LogP contribution is 2.45. The van der Waals surface area contributed by atoms with Gasteiger partial charge < -0.3 is 33.8 Å². The highest BCUT2D eigenvalue weighted by molar-refractivity contribution is 7.47. The Morgan fingerprint density at radius 3 is 0.978 bits per heavy atom. The van der Waals surface area contributed by atoms with Gasteiger partial charge in [0.2, 0.25) is 0 Å². The molecular formula is C73H138O17P2. The van der Waals surface area contributed by atoms with Crippen molar-refractivity contribution in [3.8, 4) is 0 Å². The first-order chi connectivity index (χ1) is 44.4. The molecule has 92 heavy (non-hydrogen) atoms. The molecule has 3 unspecified atom stereocenters. The molecule has 19 heteroatoms. The molecule has 0 aromatic rings. The van der Waals surface area contributed by atoms with Crippen molar-refractivity contribution in [1.82, 2.24) is 0 Å². The third-order valence-corrected chi connectivity index (χ3v) is 18.6. The Labute approximate surface area is 561 Å². The zero-order valence-corrected chi connectivity index (χ0v) is 61.1. The zero-order valence-electron chi connectivity index (χ0n) is 59.3. The first-order valence-corrected chi connectivity index (χ1v) is 40.3. The Balaban J connectivity index is 5.30. The Kier molecular flexibility index (Phi) is 62.8. The zero-order chi connectivity index (χ0) is 67.9. The molecule has 0 spiro atoms. The molecule has 0 aromatic carbocycles. The molecule has 542 valence electrons. The van der Waals surface area contributed by atoms with E-state index >= 15 is 0 Å². The van der Waals surface area contributed by atoms with Crippen LogP contribution in [0.5, 0.6) is 0 Å². The molecule has 0 rings (SSSR count). The largest absolute Gasteiger partial charge is 0.472 e. The average molecular weight is 1350 g/mol. The fraction of sp³-hybridized carbons (Fsp3) is 0.890. The molecular weight excluding hydrogens is 1210 g/mol. The van der Waals surface area contributed by atoms with Gasteiger partial charge in [0.1, 0.15) is 19.3 Å². The van der Waals surface area contributed by atoms with Crippen LogP contribution in [0, 0.1) is 11.8 Å². The number of aliphatic hydroxyl groups is 1. The van der Waals surface area contributed by atoms with E-state index < -0.39 is 97.5 Å². The normalized spacial score (nSPS) is 14.5. The maximum absolute atomic E-state index is 13.0. The van der Waals surface area contributed by atoms with Gasteiger partial charge in [-0.05, 0) is 63.2 Å². The smallest absolute Gasteiger partial charge is 0.462 e. The molecule has 0 heterocycles. The number of phosphoric acid groups is 2. The fourth-order valence-corrected chi connectivity index (χ4v) is 12.1. The molecule has 17 nitrogen and oxygen atoms in total. The van der Waals surface area contributed by atoms with Crippen LogP contribution < -0.4 is 0 Å². The first kappa shape index (κ1) is 89.5. The predicted molar refractivity (Wildman–Crippen MR) is 372 cm³/mol. The lowest BCUT2D eigenvalue weighted by atomic mass is 9.99. The molecule has 0 aliphatic rings. The maximum Gasteiger partial charge on any atom is 0.472 e. The van der Waals surface area contributed by atoms with Gasteiger partial charge in [0.15, 0.2) is 12.2 Å². The second-order valence-corrected chi connectivity index (χ2v) is 29.3. The summed E-state index contributed by atoms with van der Waals surface area (Å²) >= 11 is 0. The van der Waals surface area contributed by atoms with Gasteiger partial charge in [-0.3, -0.25) is 37.3 Å². The van der Waals surface area contributed by atoms with E-state index in [1.165, 1.54) is 148 Å². The predicted octanol–water partition coefficient (Wildman–Crippen LogP) is 20.7.